The van der Waals surface area contributed by atoms with Gasteiger partial charge in [-0.15, -0.1) is 0 Å². The number of carboxylic acids is 1. The zero-order valence-corrected chi connectivity index (χ0v) is 14.1. The standard InChI is InChI=1S/C16H17NO7S/c1-2-24-13-8-7-10-5-3-4-6-11(10)14(13)15(18)17-12(16(19)20)9-25(21,22)23/h3-8,12H,2,9H2,1H3,(H,17,18)(H,19,20)(H,21,22,23). The van der Waals surface area contributed by atoms with Gasteiger partial charge in [-0.1, -0.05) is 30.3 Å². The predicted molar refractivity (Wildman–Crippen MR) is 90.4 cm³/mol. The Balaban J connectivity index is 2.46. The molecule has 3 N–H and O–H groups in total. The Morgan fingerprint density at radius 2 is 1.88 bits per heavy atom. The van der Waals surface area contributed by atoms with Gasteiger partial charge in [0.1, 0.15) is 17.5 Å². The third kappa shape index (κ3) is 4.68. The van der Waals surface area contributed by atoms with Crippen LogP contribution in [-0.4, -0.2) is 48.4 Å². The number of ether oxygens (including phenoxy) is 1. The van der Waals surface area contributed by atoms with Crippen molar-refractivity contribution in [2.24, 2.45) is 0 Å². The quantitative estimate of drug-likeness (QED) is 0.629. The molecule has 0 fully saturated rings. The number of carbonyl (C=O) groups is 2. The van der Waals surface area contributed by atoms with Gasteiger partial charge in [0.15, 0.2) is 0 Å². The number of carbonyl (C=O) groups excluding carboxylic acids is 1. The summed E-state index contributed by atoms with van der Waals surface area (Å²) in [6, 6.07) is 8.48. The van der Waals surface area contributed by atoms with Crippen LogP contribution in [0.4, 0.5) is 0 Å². The molecule has 0 spiro atoms. The molecule has 25 heavy (non-hydrogen) atoms. The third-order valence-corrected chi connectivity index (χ3v) is 4.15. The number of nitrogens with one attached hydrogen (secondary N) is 1. The molecule has 134 valence electrons. The first-order valence-corrected chi connectivity index (χ1v) is 8.97. The average molecular weight is 367 g/mol. The average Bonchev–Trinajstić information content (AvgIpc) is 2.52. The maximum atomic E-state index is 12.6. The molecule has 9 heteroatoms. The van der Waals surface area contributed by atoms with Gasteiger partial charge in [-0.25, -0.2) is 4.79 Å². The number of benzene rings is 2. The number of fused-ring (bicyclic) bond motifs is 1. The lowest BCUT2D eigenvalue weighted by atomic mass is 10.0. The van der Waals surface area contributed by atoms with Crippen LogP contribution in [0.1, 0.15) is 17.3 Å². The summed E-state index contributed by atoms with van der Waals surface area (Å²) in [6.45, 7) is 2.02. The van der Waals surface area contributed by atoms with Crippen LogP contribution in [0.15, 0.2) is 36.4 Å². The molecule has 0 aliphatic rings. The van der Waals surface area contributed by atoms with Crippen LogP contribution < -0.4 is 10.1 Å². The molecule has 1 atom stereocenters. The van der Waals surface area contributed by atoms with E-state index in [-0.39, 0.29) is 17.9 Å². The maximum absolute atomic E-state index is 12.6. The smallest absolute Gasteiger partial charge is 0.327 e. The molecule has 0 bridgehead atoms. The molecule has 0 heterocycles. The molecular formula is C16H17NO7S. The molecule has 2 aromatic rings. The van der Waals surface area contributed by atoms with E-state index >= 15 is 0 Å². The maximum Gasteiger partial charge on any atom is 0.327 e. The van der Waals surface area contributed by atoms with E-state index in [4.69, 9.17) is 14.4 Å². The van der Waals surface area contributed by atoms with Crippen LogP contribution in [0.3, 0.4) is 0 Å². The van der Waals surface area contributed by atoms with E-state index in [1.807, 2.05) is 0 Å². The number of amides is 1. The molecule has 2 aromatic carbocycles. The van der Waals surface area contributed by atoms with Gasteiger partial charge in [0.2, 0.25) is 0 Å². The van der Waals surface area contributed by atoms with Gasteiger partial charge in [0, 0.05) is 0 Å². The van der Waals surface area contributed by atoms with Crippen molar-refractivity contribution in [2.75, 3.05) is 12.4 Å². The van der Waals surface area contributed by atoms with E-state index in [1.54, 1.807) is 43.3 Å². The van der Waals surface area contributed by atoms with Crippen LogP contribution in [0.2, 0.25) is 0 Å². The second kappa shape index (κ2) is 7.49. The van der Waals surface area contributed by atoms with Gasteiger partial charge < -0.3 is 15.2 Å². The molecule has 2 rings (SSSR count). The highest BCUT2D eigenvalue weighted by Gasteiger charge is 2.28. The van der Waals surface area contributed by atoms with Gasteiger partial charge in [-0.05, 0) is 23.8 Å². The van der Waals surface area contributed by atoms with Crippen molar-refractivity contribution in [3.8, 4) is 5.75 Å². The number of hydrogen-bond acceptors (Lipinski definition) is 5. The van der Waals surface area contributed by atoms with Gasteiger partial charge in [-0.2, -0.15) is 8.42 Å². The Kier molecular flexibility index (Phi) is 5.60. The lowest BCUT2D eigenvalue weighted by Gasteiger charge is -2.16. The van der Waals surface area contributed by atoms with Gasteiger partial charge >= 0.3 is 5.97 Å². The molecule has 0 aromatic heterocycles. The van der Waals surface area contributed by atoms with E-state index in [2.05, 4.69) is 5.32 Å². The van der Waals surface area contributed by atoms with E-state index in [0.29, 0.717) is 5.39 Å². The van der Waals surface area contributed by atoms with Crippen LogP contribution in [0.5, 0.6) is 5.75 Å². The lowest BCUT2D eigenvalue weighted by molar-refractivity contribution is -0.138. The molecule has 8 nitrogen and oxygen atoms in total. The molecule has 0 radical (unpaired) electrons. The van der Waals surface area contributed by atoms with Crippen LogP contribution in [0.25, 0.3) is 10.8 Å². The lowest BCUT2D eigenvalue weighted by Crippen LogP contribution is -2.45. The fourth-order valence-electron chi connectivity index (χ4n) is 2.38. The highest BCUT2D eigenvalue weighted by atomic mass is 32.2. The van der Waals surface area contributed by atoms with E-state index in [9.17, 15) is 18.0 Å². The van der Waals surface area contributed by atoms with Crippen molar-refractivity contribution in [2.45, 2.75) is 13.0 Å². The molecule has 0 aliphatic heterocycles. The summed E-state index contributed by atoms with van der Waals surface area (Å²) in [6.07, 6.45) is 0. The number of rotatable bonds is 7. The van der Waals surface area contributed by atoms with E-state index < -0.39 is 33.8 Å². The zero-order chi connectivity index (χ0) is 18.6. The van der Waals surface area contributed by atoms with Crippen molar-refractivity contribution >= 4 is 32.8 Å². The van der Waals surface area contributed by atoms with Crippen molar-refractivity contribution in [3.63, 3.8) is 0 Å². The summed E-state index contributed by atoms with van der Waals surface area (Å²) in [7, 11) is -4.59. The minimum absolute atomic E-state index is 0.0986. The topological polar surface area (TPSA) is 130 Å². The number of aliphatic carboxylic acids is 1. The Bertz CT molecular complexity index is 908. The molecule has 1 amide bonds. The van der Waals surface area contributed by atoms with Gasteiger partial charge in [-0.3, -0.25) is 9.35 Å². The predicted octanol–water partition coefficient (Wildman–Crippen LogP) is 1.31. The second-order valence-electron chi connectivity index (χ2n) is 5.21. The fraction of sp³-hybridized carbons (Fsp3) is 0.250. The van der Waals surface area contributed by atoms with Crippen LogP contribution >= 0.6 is 0 Å². The minimum atomic E-state index is -4.59. The summed E-state index contributed by atoms with van der Waals surface area (Å²) in [5, 5.41) is 12.5. The highest BCUT2D eigenvalue weighted by Crippen LogP contribution is 2.28. The molecule has 0 saturated heterocycles. The molecule has 0 aliphatic carbocycles. The molecular weight excluding hydrogens is 350 g/mol. The Labute approximate surface area is 144 Å². The number of hydrogen-bond donors (Lipinski definition) is 3. The monoisotopic (exact) mass is 367 g/mol. The summed E-state index contributed by atoms with van der Waals surface area (Å²) >= 11 is 0. The summed E-state index contributed by atoms with van der Waals surface area (Å²) in [5.74, 6) is -3.28. The zero-order valence-electron chi connectivity index (χ0n) is 13.3. The van der Waals surface area contributed by atoms with Crippen LogP contribution in [0, 0.1) is 0 Å². The molecule has 0 saturated carbocycles. The SMILES string of the molecule is CCOc1ccc2ccccc2c1C(=O)NC(CS(=O)(=O)O)C(=O)O. The second-order valence-corrected chi connectivity index (χ2v) is 6.70. The van der Waals surface area contributed by atoms with E-state index in [0.717, 1.165) is 5.39 Å². The first kappa shape index (κ1) is 18.7. The number of carboxylic acid groups (broad SMARTS) is 1. The summed E-state index contributed by atoms with van der Waals surface area (Å²) in [4.78, 5) is 23.8. The fourth-order valence-corrected chi connectivity index (χ4v) is 3.02. The third-order valence-electron chi connectivity index (χ3n) is 3.40. The van der Waals surface area contributed by atoms with Crippen molar-refractivity contribution in [1.82, 2.24) is 5.32 Å². The van der Waals surface area contributed by atoms with E-state index in [1.165, 1.54) is 0 Å². The Morgan fingerprint density at radius 1 is 1.20 bits per heavy atom. The van der Waals surface area contributed by atoms with Crippen LogP contribution in [-0.2, 0) is 14.9 Å². The summed E-state index contributed by atoms with van der Waals surface area (Å²) < 4.78 is 36.2. The Hall–Kier alpha value is -2.65. The van der Waals surface area contributed by atoms with Gasteiger partial charge in [0.25, 0.3) is 16.0 Å². The Morgan fingerprint density at radius 3 is 2.48 bits per heavy atom. The minimum Gasteiger partial charge on any atom is -0.493 e. The normalized spacial score (nSPS) is 12.6. The van der Waals surface area contributed by atoms with Crippen molar-refractivity contribution in [1.29, 1.82) is 0 Å². The largest absolute Gasteiger partial charge is 0.493 e. The molecule has 1 unspecified atom stereocenters. The van der Waals surface area contributed by atoms with Crippen molar-refractivity contribution in [3.05, 3.63) is 42.0 Å². The first-order valence-electron chi connectivity index (χ1n) is 7.36. The summed E-state index contributed by atoms with van der Waals surface area (Å²) in [5.41, 5.74) is 0.0986. The van der Waals surface area contributed by atoms with Crippen molar-refractivity contribution < 1.29 is 32.4 Å². The van der Waals surface area contributed by atoms with Gasteiger partial charge in [0.05, 0.1) is 12.2 Å². The highest BCUT2D eigenvalue weighted by molar-refractivity contribution is 7.85. The first-order chi connectivity index (χ1) is 11.7.